The number of nitrogens with two attached hydrogens (primary N) is 2. The molecule has 2 aromatic rings. The van der Waals surface area contributed by atoms with Gasteiger partial charge in [-0.3, -0.25) is 9.59 Å². The van der Waals surface area contributed by atoms with Gasteiger partial charge in [-0.15, -0.1) is 0 Å². The summed E-state index contributed by atoms with van der Waals surface area (Å²) in [5.74, 6) is 0.156. The number of carbonyl (C=O) groups excluding carboxylic acids is 2. The van der Waals surface area contributed by atoms with E-state index >= 15 is 0 Å². The van der Waals surface area contributed by atoms with Crippen molar-refractivity contribution in [2.45, 2.75) is 25.9 Å². The van der Waals surface area contributed by atoms with Crippen molar-refractivity contribution in [1.29, 1.82) is 0 Å². The summed E-state index contributed by atoms with van der Waals surface area (Å²) in [6.45, 7) is 2.68. The monoisotopic (exact) mass is 328 g/mol. The maximum Gasteiger partial charge on any atom is 0.308 e. The van der Waals surface area contributed by atoms with Gasteiger partial charge in [0.1, 0.15) is 11.5 Å². The van der Waals surface area contributed by atoms with Crippen molar-refractivity contribution in [1.82, 2.24) is 0 Å². The minimum Gasteiger partial charge on any atom is -0.427 e. The van der Waals surface area contributed by atoms with E-state index in [1.807, 2.05) is 0 Å². The molecule has 0 heterocycles. The van der Waals surface area contributed by atoms with Gasteiger partial charge < -0.3 is 20.9 Å². The highest BCUT2D eigenvalue weighted by molar-refractivity contribution is 5.69. The van der Waals surface area contributed by atoms with Crippen molar-refractivity contribution in [2.24, 2.45) is 11.5 Å². The predicted molar refractivity (Wildman–Crippen MR) is 89.4 cm³/mol. The van der Waals surface area contributed by atoms with E-state index in [9.17, 15) is 9.59 Å². The molecule has 0 amide bonds. The number of hydrogen-bond donors (Lipinski definition) is 2. The van der Waals surface area contributed by atoms with Gasteiger partial charge in [0.05, 0.1) is 0 Å². The van der Waals surface area contributed by atoms with Gasteiger partial charge in [0.2, 0.25) is 0 Å². The molecule has 6 nitrogen and oxygen atoms in total. The van der Waals surface area contributed by atoms with Crippen molar-refractivity contribution < 1.29 is 19.1 Å². The third kappa shape index (κ3) is 4.65. The summed E-state index contributed by atoms with van der Waals surface area (Å²) in [6.07, 6.45) is 0. The second-order valence-electron chi connectivity index (χ2n) is 5.38. The summed E-state index contributed by atoms with van der Waals surface area (Å²) in [5.41, 5.74) is 14.1. The maximum atomic E-state index is 10.9. The summed E-state index contributed by atoms with van der Waals surface area (Å²) in [7, 11) is 0. The van der Waals surface area contributed by atoms with Gasteiger partial charge in [0.25, 0.3) is 0 Å². The van der Waals surface area contributed by atoms with Crippen molar-refractivity contribution in [2.75, 3.05) is 0 Å². The van der Waals surface area contributed by atoms with E-state index in [1.165, 1.54) is 13.8 Å². The van der Waals surface area contributed by atoms with E-state index < -0.39 is 12.1 Å². The molecule has 2 rings (SSSR count). The van der Waals surface area contributed by atoms with Gasteiger partial charge in [-0.05, 0) is 35.4 Å². The Morgan fingerprint density at radius 3 is 1.25 bits per heavy atom. The molecule has 2 aromatic carbocycles. The zero-order valence-electron chi connectivity index (χ0n) is 13.6. The predicted octanol–water partition coefficient (Wildman–Crippen LogP) is 2.24. The highest BCUT2D eigenvalue weighted by Crippen LogP contribution is 2.27. The SMILES string of the molecule is CC(=O)Oc1ccc([C@H](N)[C@@H](N)c2ccc(OC(C)=O)cc2)cc1. The van der Waals surface area contributed by atoms with Crippen molar-refractivity contribution in [3.8, 4) is 11.5 Å². The van der Waals surface area contributed by atoms with Gasteiger partial charge >= 0.3 is 11.9 Å². The van der Waals surface area contributed by atoms with E-state index in [0.717, 1.165) is 11.1 Å². The molecule has 0 aliphatic carbocycles. The standard InChI is InChI=1S/C18H20N2O4/c1-11(21)23-15-7-3-13(4-8-15)17(19)18(20)14-5-9-16(10-6-14)24-12(2)22/h3-10,17-18H,19-20H2,1-2H3/t17-,18-/m0/s1. The van der Waals surface area contributed by atoms with Crippen LogP contribution in [0.25, 0.3) is 0 Å². The molecule has 126 valence electrons. The fourth-order valence-electron chi connectivity index (χ4n) is 2.26. The van der Waals surface area contributed by atoms with Crippen LogP contribution >= 0.6 is 0 Å². The molecule has 4 N–H and O–H groups in total. The first-order valence-corrected chi connectivity index (χ1v) is 7.44. The van der Waals surface area contributed by atoms with Gasteiger partial charge in [-0.2, -0.15) is 0 Å². The third-order valence-electron chi connectivity index (χ3n) is 3.44. The Hall–Kier alpha value is -2.70. The number of esters is 2. The maximum absolute atomic E-state index is 10.9. The van der Waals surface area contributed by atoms with E-state index in [0.29, 0.717) is 11.5 Å². The van der Waals surface area contributed by atoms with Crippen LogP contribution in [0.3, 0.4) is 0 Å². The molecular formula is C18H20N2O4. The molecule has 0 fully saturated rings. The summed E-state index contributed by atoms with van der Waals surface area (Å²) < 4.78 is 9.97. The molecule has 2 atom stereocenters. The number of rotatable bonds is 5. The number of carbonyl (C=O) groups is 2. The average molecular weight is 328 g/mol. The van der Waals surface area contributed by atoms with Crippen LogP contribution in [0, 0.1) is 0 Å². The second-order valence-corrected chi connectivity index (χ2v) is 5.38. The zero-order chi connectivity index (χ0) is 17.7. The largest absolute Gasteiger partial charge is 0.427 e. The normalized spacial score (nSPS) is 13.0. The van der Waals surface area contributed by atoms with E-state index in [2.05, 4.69) is 0 Å². The molecule has 0 aliphatic rings. The number of ether oxygens (including phenoxy) is 2. The third-order valence-corrected chi connectivity index (χ3v) is 3.44. The highest BCUT2D eigenvalue weighted by atomic mass is 16.5. The van der Waals surface area contributed by atoms with Crippen molar-refractivity contribution in [3.63, 3.8) is 0 Å². The Labute approximate surface area is 140 Å². The summed E-state index contributed by atoms with van der Waals surface area (Å²) >= 11 is 0. The van der Waals surface area contributed by atoms with Gasteiger partial charge in [-0.1, -0.05) is 24.3 Å². The summed E-state index contributed by atoms with van der Waals surface area (Å²) in [4.78, 5) is 21.8. The minimum atomic E-state index is -0.434. The molecule has 0 aliphatic heterocycles. The van der Waals surface area contributed by atoms with E-state index in [4.69, 9.17) is 20.9 Å². The first-order chi connectivity index (χ1) is 11.4. The Bertz CT molecular complexity index is 647. The molecule has 0 bridgehead atoms. The van der Waals surface area contributed by atoms with Crippen molar-refractivity contribution >= 4 is 11.9 Å². The molecule has 24 heavy (non-hydrogen) atoms. The van der Waals surface area contributed by atoms with Gasteiger partial charge in [0, 0.05) is 25.9 Å². The molecule has 0 spiro atoms. The number of benzene rings is 2. The lowest BCUT2D eigenvalue weighted by Crippen LogP contribution is -2.26. The van der Waals surface area contributed by atoms with Gasteiger partial charge in [-0.25, -0.2) is 0 Å². The smallest absolute Gasteiger partial charge is 0.308 e. The first kappa shape index (κ1) is 17.7. The van der Waals surface area contributed by atoms with Crippen LogP contribution in [0.4, 0.5) is 0 Å². The average Bonchev–Trinajstić information content (AvgIpc) is 2.54. The molecule has 0 unspecified atom stereocenters. The Balaban J connectivity index is 2.09. The summed E-state index contributed by atoms with van der Waals surface area (Å²) in [5, 5.41) is 0. The highest BCUT2D eigenvalue weighted by Gasteiger charge is 2.17. The fraction of sp³-hybridized carbons (Fsp3) is 0.222. The molecule has 0 saturated heterocycles. The topological polar surface area (TPSA) is 105 Å². The Morgan fingerprint density at radius 1 is 0.708 bits per heavy atom. The molecule has 6 heteroatoms. The van der Waals surface area contributed by atoms with Crippen LogP contribution in [0.1, 0.15) is 37.1 Å². The molecular weight excluding hydrogens is 308 g/mol. The molecule has 0 aromatic heterocycles. The molecule has 0 saturated carbocycles. The Kier molecular flexibility index (Phi) is 5.68. The fourth-order valence-corrected chi connectivity index (χ4v) is 2.26. The van der Waals surface area contributed by atoms with E-state index in [1.54, 1.807) is 48.5 Å². The quantitative estimate of drug-likeness (QED) is 0.644. The minimum absolute atomic E-state index is 0.378. The van der Waals surface area contributed by atoms with Crippen LogP contribution in [0.2, 0.25) is 0 Å². The van der Waals surface area contributed by atoms with Crippen LogP contribution in [-0.2, 0) is 9.59 Å². The van der Waals surface area contributed by atoms with Crippen LogP contribution in [0.15, 0.2) is 48.5 Å². The number of hydrogen-bond acceptors (Lipinski definition) is 6. The summed E-state index contributed by atoms with van der Waals surface area (Å²) in [6, 6.07) is 12.9. The lowest BCUT2D eigenvalue weighted by atomic mass is 9.95. The van der Waals surface area contributed by atoms with Crippen LogP contribution in [-0.4, -0.2) is 11.9 Å². The Morgan fingerprint density at radius 2 is 1.00 bits per heavy atom. The van der Waals surface area contributed by atoms with Gasteiger partial charge in [0.15, 0.2) is 0 Å². The first-order valence-electron chi connectivity index (χ1n) is 7.44. The van der Waals surface area contributed by atoms with Crippen LogP contribution < -0.4 is 20.9 Å². The van der Waals surface area contributed by atoms with Crippen molar-refractivity contribution in [3.05, 3.63) is 59.7 Å². The zero-order valence-corrected chi connectivity index (χ0v) is 13.6. The van der Waals surface area contributed by atoms with E-state index in [-0.39, 0.29) is 11.9 Å². The lowest BCUT2D eigenvalue weighted by molar-refractivity contribution is -0.132. The molecule has 0 radical (unpaired) electrons. The lowest BCUT2D eigenvalue weighted by Gasteiger charge is -2.21. The second kappa shape index (κ2) is 7.72. The van der Waals surface area contributed by atoms with Crippen LogP contribution in [0.5, 0.6) is 11.5 Å².